The molecular weight excluding hydrogens is 537 g/mol. The molecule has 1 N–H and O–H groups in total. The van der Waals surface area contributed by atoms with Crippen LogP contribution in [0, 0.1) is 53.7 Å². The topological polar surface area (TPSA) is 167 Å². The van der Waals surface area contributed by atoms with Crippen molar-refractivity contribution >= 4 is 22.8 Å². The maximum atomic E-state index is 13.2. The summed E-state index contributed by atoms with van der Waals surface area (Å²) in [5.74, 6) is 0.517. The van der Waals surface area contributed by atoms with Gasteiger partial charge in [-0.2, -0.15) is 4.39 Å². The van der Waals surface area contributed by atoms with Gasteiger partial charge in [-0.05, 0) is 63.8 Å². The monoisotopic (exact) mass is 565 g/mol. The average Bonchev–Trinajstić information content (AvgIpc) is 3.44. The summed E-state index contributed by atoms with van der Waals surface area (Å²) >= 11 is 0. The minimum atomic E-state index is -0.856. The van der Waals surface area contributed by atoms with Gasteiger partial charge in [0.2, 0.25) is 5.82 Å². The van der Waals surface area contributed by atoms with Crippen molar-refractivity contribution in [1.29, 1.82) is 0 Å². The lowest BCUT2D eigenvalue weighted by molar-refractivity contribution is -0.387. The van der Waals surface area contributed by atoms with Gasteiger partial charge in [0.15, 0.2) is 0 Å². The summed E-state index contributed by atoms with van der Waals surface area (Å²) in [4.78, 5) is 32.5. The van der Waals surface area contributed by atoms with E-state index in [0.717, 1.165) is 24.5 Å². The maximum Gasteiger partial charge on any atom is 0.305 e. The quantitative estimate of drug-likeness (QED) is 0.194. The smallest absolute Gasteiger partial charge is 0.305 e. The van der Waals surface area contributed by atoms with Crippen molar-refractivity contribution in [2.75, 3.05) is 5.32 Å². The molecule has 214 valence electrons. The van der Waals surface area contributed by atoms with E-state index in [2.05, 4.69) is 15.6 Å². The fraction of sp³-hybridized carbons (Fsp3) is 0.321. The molecule has 0 bridgehead atoms. The molecule has 0 amide bonds. The Hall–Kier alpha value is -4.94. The predicted molar refractivity (Wildman–Crippen MR) is 147 cm³/mol. The normalized spacial score (nSPS) is 14.8. The number of nitro benzene ring substituents is 2. The molecule has 2 aromatic heterocycles. The largest absolute Gasteiger partial charge is 0.376 e. The first kappa shape index (κ1) is 29.1. The van der Waals surface area contributed by atoms with Gasteiger partial charge in [0, 0.05) is 42.1 Å². The van der Waals surface area contributed by atoms with E-state index >= 15 is 0 Å². The first-order valence-electron chi connectivity index (χ1n) is 12.8. The fourth-order valence-corrected chi connectivity index (χ4v) is 4.93. The van der Waals surface area contributed by atoms with Crippen molar-refractivity contribution < 1.29 is 28.1 Å². The molecular formula is C28H28FN5O7. The number of hydrogen-bond donors (Lipinski definition) is 1. The van der Waals surface area contributed by atoms with Crippen LogP contribution in [0.2, 0.25) is 0 Å². The van der Waals surface area contributed by atoms with E-state index < -0.39 is 21.4 Å². The van der Waals surface area contributed by atoms with Crippen molar-refractivity contribution in [1.82, 2.24) is 10.3 Å². The highest BCUT2D eigenvalue weighted by molar-refractivity contribution is 5.81. The number of hydrogen-bond acceptors (Lipinski definition) is 10. The third-order valence-corrected chi connectivity index (χ3v) is 6.82. The second kappa shape index (κ2) is 12.1. The summed E-state index contributed by atoms with van der Waals surface area (Å²) in [6.45, 7) is 7.00. The summed E-state index contributed by atoms with van der Waals surface area (Å²) in [6, 6.07) is 8.70. The van der Waals surface area contributed by atoms with E-state index in [1.165, 1.54) is 18.2 Å². The lowest BCUT2D eigenvalue weighted by atomic mass is 9.94. The standard InChI is InChI=1S/C17H19N3O4.C11H9FN2O3/c1-10-17(11(2)24-19-10)12-6-7-15(16(8-12)20(22)23)18-13-4-3-5-14(21)9-13;1-6-11(7(2)17-13-6)8-3-4-9(12)10(5-8)14(15)16/h6-8,13,18H,3-5,9H2,1-2H3;3-5H,1-2H3. The van der Waals surface area contributed by atoms with Crippen LogP contribution in [0.25, 0.3) is 22.3 Å². The number of Topliss-reactive ketones (excluding diaryl/α,β-unsaturated/α-hetero) is 1. The summed E-state index contributed by atoms with van der Waals surface area (Å²) < 4.78 is 23.3. The Morgan fingerprint density at radius 1 is 0.878 bits per heavy atom. The second-order valence-corrected chi connectivity index (χ2v) is 9.79. The van der Waals surface area contributed by atoms with Gasteiger partial charge in [0.1, 0.15) is 23.0 Å². The summed E-state index contributed by atoms with van der Waals surface area (Å²) in [5.41, 5.74) is 3.84. The Labute approximate surface area is 233 Å². The van der Waals surface area contributed by atoms with Crippen LogP contribution in [0.5, 0.6) is 0 Å². The number of carbonyl (C=O) groups is 1. The lowest BCUT2D eigenvalue weighted by Gasteiger charge is -2.23. The average molecular weight is 566 g/mol. The van der Waals surface area contributed by atoms with Gasteiger partial charge in [-0.15, -0.1) is 0 Å². The zero-order valence-electron chi connectivity index (χ0n) is 22.9. The molecule has 0 radical (unpaired) electrons. The zero-order chi connectivity index (χ0) is 29.8. The number of benzene rings is 2. The molecule has 0 aliphatic heterocycles. The molecule has 41 heavy (non-hydrogen) atoms. The third-order valence-electron chi connectivity index (χ3n) is 6.82. The van der Waals surface area contributed by atoms with Crippen LogP contribution in [0.15, 0.2) is 45.4 Å². The number of halogens is 1. The molecule has 0 saturated heterocycles. The van der Waals surface area contributed by atoms with Gasteiger partial charge >= 0.3 is 5.69 Å². The van der Waals surface area contributed by atoms with E-state index in [4.69, 9.17) is 9.05 Å². The number of nitrogens with one attached hydrogen (secondary N) is 1. The SMILES string of the molecule is Cc1noc(C)c1-c1ccc(F)c([N+](=O)[O-])c1.Cc1noc(C)c1-c1ccc(NC2CCCC(=O)C2)c([N+](=O)[O-])c1. The highest BCUT2D eigenvalue weighted by atomic mass is 19.1. The van der Waals surface area contributed by atoms with Crippen molar-refractivity contribution in [3.05, 3.63) is 85.4 Å². The molecule has 1 aliphatic rings. The van der Waals surface area contributed by atoms with Crippen LogP contribution in [-0.4, -0.2) is 32.0 Å². The first-order chi connectivity index (χ1) is 19.5. The number of nitrogens with zero attached hydrogens (tertiary/aromatic N) is 4. The van der Waals surface area contributed by atoms with Crippen molar-refractivity contribution in [3.8, 4) is 22.3 Å². The molecule has 0 spiro atoms. The third kappa shape index (κ3) is 6.45. The van der Waals surface area contributed by atoms with E-state index in [-0.39, 0.29) is 17.5 Å². The van der Waals surface area contributed by atoms with Gasteiger partial charge < -0.3 is 14.4 Å². The minimum Gasteiger partial charge on any atom is -0.376 e. The Bertz CT molecular complexity index is 1590. The van der Waals surface area contributed by atoms with Crippen molar-refractivity contribution in [2.45, 2.75) is 59.4 Å². The second-order valence-electron chi connectivity index (χ2n) is 9.79. The van der Waals surface area contributed by atoms with Crippen LogP contribution >= 0.6 is 0 Å². The van der Waals surface area contributed by atoms with E-state index in [1.807, 2.05) is 6.07 Å². The molecule has 1 fully saturated rings. The fourth-order valence-electron chi connectivity index (χ4n) is 4.93. The first-order valence-corrected chi connectivity index (χ1v) is 12.8. The predicted octanol–water partition coefficient (Wildman–Crippen LogP) is 6.80. The number of nitro groups is 2. The van der Waals surface area contributed by atoms with Gasteiger partial charge in [-0.25, -0.2) is 0 Å². The van der Waals surface area contributed by atoms with Gasteiger partial charge in [0.05, 0.1) is 21.2 Å². The van der Waals surface area contributed by atoms with Gasteiger partial charge in [0.25, 0.3) is 5.69 Å². The molecule has 5 rings (SSSR count). The summed E-state index contributed by atoms with van der Waals surface area (Å²) in [6.07, 6.45) is 2.68. The van der Waals surface area contributed by atoms with Crippen molar-refractivity contribution in [3.63, 3.8) is 0 Å². The van der Waals surface area contributed by atoms with E-state index in [9.17, 15) is 29.4 Å². The molecule has 2 heterocycles. The molecule has 4 aromatic rings. The van der Waals surface area contributed by atoms with Crippen LogP contribution in [0.3, 0.4) is 0 Å². The number of ketones is 1. The number of aryl methyl sites for hydroxylation is 4. The Balaban J connectivity index is 0.000000201. The Kier molecular flexibility index (Phi) is 8.55. The molecule has 1 aliphatic carbocycles. The van der Waals surface area contributed by atoms with E-state index in [0.29, 0.717) is 58.1 Å². The molecule has 1 atom stereocenters. The zero-order valence-corrected chi connectivity index (χ0v) is 22.9. The minimum absolute atomic E-state index is 0.00878. The number of carbonyl (C=O) groups excluding carboxylic acids is 1. The lowest BCUT2D eigenvalue weighted by Crippen LogP contribution is -2.27. The summed E-state index contributed by atoms with van der Waals surface area (Å²) in [5, 5.41) is 32.9. The molecule has 2 aromatic carbocycles. The van der Waals surface area contributed by atoms with Crippen LogP contribution in [-0.2, 0) is 4.79 Å². The van der Waals surface area contributed by atoms with Gasteiger partial charge in [-0.1, -0.05) is 22.4 Å². The van der Waals surface area contributed by atoms with E-state index in [1.54, 1.807) is 33.8 Å². The highest BCUT2D eigenvalue weighted by Crippen LogP contribution is 2.35. The van der Waals surface area contributed by atoms with Crippen LogP contribution in [0.4, 0.5) is 21.5 Å². The van der Waals surface area contributed by atoms with Crippen LogP contribution in [0.1, 0.15) is 48.6 Å². The van der Waals surface area contributed by atoms with Crippen molar-refractivity contribution in [2.24, 2.45) is 0 Å². The Morgan fingerprint density at radius 2 is 1.41 bits per heavy atom. The maximum absolute atomic E-state index is 13.2. The van der Waals surface area contributed by atoms with Crippen LogP contribution < -0.4 is 5.32 Å². The Morgan fingerprint density at radius 3 is 1.90 bits per heavy atom. The molecule has 1 saturated carbocycles. The van der Waals surface area contributed by atoms with Gasteiger partial charge in [-0.3, -0.25) is 25.0 Å². The highest BCUT2D eigenvalue weighted by Gasteiger charge is 2.24. The number of aromatic nitrogens is 2. The molecule has 1 unspecified atom stereocenters. The molecule has 12 nitrogen and oxygen atoms in total. The molecule has 13 heteroatoms. The number of rotatable bonds is 6. The number of anilines is 1. The summed E-state index contributed by atoms with van der Waals surface area (Å²) in [7, 11) is 0.